The van der Waals surface area contributed by atoms with Crippen LogP contribution in [0.25, 0.3) is 0 Å². The first-order chi connectivity index (χ1) is 10.3. The van der Waals surface area contributed by atoms with Crippen molar-refractivity contribution in [3.63, 3.8) is 0 Å². The third-order valence-electron chi connectivity index (χ3n) is 6.72. The largest absolute Gasteiger partial charge is 0.392 e. The van der Waals surface area contributed by atoms with Gasteiger partial charge in [-0.15, -0.1) is 0 Å². The number of aliphatic hydroxyl groups is 1. The van der Waals surface area contributed by atoms with Crippen molar-refractivity contribution in [3.05, 3.63) is 35.4 Å². The summed E-state index contributed by atoms with van der Waals surface area (Å²) in [4.78, 5) is 0. The topological polar surface area (TPSA) is 29.5 Å². The van der Waals surface area contributed by atoms with Crippen LogP contribution in [0, 0.1) is 17.3 Å². The van der Waals surface area contributed by atoms with Crippen LogP contribution < -0.4 is 0 Å². The Kier molecular flexibility index (Phi) is 3.35. The molecule has 21 heavy (non-hydrogen) atoms. The molecule has 2 saturated carbocycles. The van der Waals surface area contributed by atoms with E-state index in [0.29, 0.717) is 5.92 Å². The summed E-state index contributed by atoms with van der Waals surface area (Å²) in [6.45, 7) is 0.740. The molecule has 0 amide bonds. The molecule has 2 fully saturated rings. The highest BCUT2D eigenvalue weighted by atomic mass is 16.5. The number of benzene rings is 1. The van der Waals surface area contributed by atoms with Crippen LogP contribution in [0.5, 0.6) is 0 Å². The fraction of sp³-hybridized carbons (Fsp3) is 0.684. The molecule has 1 N–H and O–H groups in total. The molecule has 0 aromatic heterocycles. The minimum atomic E-state index is -0.152. The molecule has 0 radical (unpaired) electrons. The van der Waals surface area contributed by atoms with Crippen LogP contribution in [-0.2, 0) is 11.2 Å². The molecule has 1 aromatic rings. The average Bonchev–Trinajstić information content (AvgIpc) is 2.85. The molecular formula is C19H26O2. The minimum absolute atomic E-state index is 0.0438. The number of aliphatic hydroxyl groups excluding tert-OH is 1. The second-order valence-corrected chi connectivity index (χ2v) is 7.41. The van der Waals surface area contributed by atoms with E-state index in [0.717, 1.165) is 31.3 Å². The van der Waals surface area contributed by atoms with Crippen LogP contribution in [0.2, 0.25) is 0 Å². The first kappa shape index (κ1) is 13.8. The van der Waals surface area contributed by atoms with Crippen LogP contribution in [0.4, 0.5) is 0 Å². The van der Waals surface area contributed by atoms with E-state index in [4.69, 9.17) is 4.74 Å². The van der Waals surface area contributed by atoms with Crippen molar-refractivity contribution >= 4 is 0 Å². The van der Waals surface area contributed by atoms with Crippen LogP contribution in [-0.4, -0.2) is 24.9 Å². The quantitative estimate of drug-likeness (QED) is 0.901. The zero-order valence-electron chi connectivity index (χ0n) is 12.9. The molecule has 0 spiro atoms. The number of fused-ring (bicyclic) bond motifs is 5. The van der Waals surface area contributed by atoms with Gasteiger partial charge in [-0.05, 0) is 67.4 Å². The van der Waals surface area contributed by atoms with Crippen LogP contribution >= 0.6 is 0 Å². The first-order valence-corrected chi connectivity index (χ1v) is 8.51. The van der Waals surface area contributed by atoms with Crippen molar-refractivity contribution in [2.75, 3.05) is 13.7 Å². The molecule has 0 bridgehead atoms. The minimum Gasteiger partial charge on any atom is -0.392 e. The Morgan fingerprint density at radius 2 is 2.05 bits per heavy atom. The van der Waals surface area contributed by atoms with Gasteiger partial charge in [-0.25, -0.2) is 0 Å². The van der Waals surface area contributed by atoms with Gasteiger partial charge in [0.2, 0.25) is 0 Å². The van der Waals surface area contributed by atoms with Gasteiger partial charge in [0.25, 0.3) is 0 Å². The molecule has 0 heterocycles. The summed E-state index contributed by atoms with van der Waals surface area (Å²) < 4.78 is 5.55. The highest BCUT2D eigenvalue weighted by molar-refractivity contribution is 5.35. The number of rotatable bonds is 2. The third kappa shape index (κ3) is 1.92. The van der Waals surface area contributed by atoms with E-state index in [9.17, 15) is 5.11 Å². The molecule has 3 aliphatic rings. The molecule has 2 heteroatoms. The SMILES string of the molecule is COC[C@]12CC[C@@H]3c4ccccc4CC[C@H]3[C@@H]1CC[C@@H]2O. The van der Waals surface area contributed by atoms with E-state index in [1.807, 2.05) is 0 Å². The Morgan fingerprint density at radius 1 is 1.19 bits per heavy atom. The molecule has 114 valence electrons. The zero-order chi connectivity index (χ0) is 14.4. The Labute approximate surface area is 127 Å². The first-order valence-electron chi connectivity index (χ1n) is 8.51. The van der Waals surface area contributed by atoms with E-state index in [-0.39, 0.29) is 11.5 Å². The molecule has 0 aliphatic heterocycles. The van der Waals surface area contributed by atoms with Crippen molar-refractivity contribution in [1.29, 1.82) is 0 Å². The van der Waals surface area contributed by atoms with Gasteiger partial charge in [0.15, 0.2) is 0 Å². The lowest BCUT2D eigenvalue weighted by Gasteiger charge is -2.51. The number of aryl methyl sites for hydroxylation is 1. The predicted molar refractivity (Wildman–Crippen MR) is 83.3 cm³/mol. The van der Waals surface area contributed by atoms with Crippen molar-refractivity contribution in [2.45, 2.75) is 50.5 Å². The summed E-state index contributed by atoms with van der Waals surface area (Å²) in [5.74, 6) is 2.12. The van der Waals surface area contributed by atoms with E-state index < -0.39 is 0 Å². The smallest absolute Gasteiger partial charge is 0.0621 e. The number of hydrogen-bond donors (Lipinski definition) is 1. The van der Waals surface area contributed by atoms with Gasteiger partial charge in [0.05, 0.1) is 12.7 Å². The van der Waals surface area contributed by atoms with Gasteiger partial charge in [0, 0.05) is 12.5 Å². The zero-order valence-corrected chi connectivity index (χ0v) is 12.9. The monoisotopic (exact) mass is 286 g/mol. The molecule has 0 saturated heterocycles. The van der Waals surface area contributed by atoms with Gasteiger partial charge in [0.1, 0.15) is 0 Å². The summed E-state index contributed by atoms with van der Waals surface area (Å²) in [7, 11) is 1.79. The summed E-state index contributed by atoms with van der Waals surface area (Å²) in [6.07, 6.45) is 6.87. The fourth-order valence-electron chi connectivity index (χ4n) is 5.85. The summed E-state index contributed by atoms with van der Waals surface area (Å²) in [6, 6.07) is 9.03. The van der Waals surface area contributed by atoms with E-state index >= 15 is 0 Å². The molecule has 1 aromatic carbocycles. The Balaban J connectivity index is 1.69. The van der Waals surface area contributed by atoms with Crippen LogP contribution in [0.15, 0.2) is 24.3 Å². The number of ether oxygens (including phenoxy) is 1. The normalized spacial score (nSPS) is 41.2. The van der Waals surface area contributed by atoms with Gasteiger partial charge in [-0.3, -0.25) is 0 Å². The van der Waals surface area contributed by atoms with E-state index in [2.05, 4.69) is 24.3 Å². The lowest BCUT2D eigenvalue weighted by molar-refractivity contribution is -0.0814. The Bertz CT molecular complexity index is 526. The standard InChI is InChI=1S/C19H26O2/c1-21-12-19-11-10-15-14-5-3-2-4-13(14)6-7-16(15)17(19)8-9-18(19)20/h2-5,15-18,20H,6-12H2,1H3/t15-,16-,17+,18+,19-/m1/s1. The maximum absolute atomic E-state index is 10.6. The third-order valence-corrected chi connectivity index (χ3v) is 6.72. The summed E-state index contributed by atoms with van der Waals surface area (Å²) >= 11 is 0. The van der Waals surface area contributed by atoms with Gasteiger partial charge in [-0.1, -0.05) is 24.3 Å². The lowest BCUT2D eigenvalue weighted by atomic mass is 9.55. The second-order valence-electron chi connectivity index (χ2n) is 7.41. The van der Waals surface area contributed by atoms with Crippen molar-refractivity contribution in [3.8, 4) is 0 Å². The molecule has 0 unspecified atom stereocenters. The Hall–Kier alpha value is -0.860. The van der Waals surface area contributed by atoms with Gasteiger partial charge in [-0.2, -0.15) is 0 Å². The van der Waals surface area contributed by atoms with Crippen LogP contribution in [0.1, 0.15) is 49.1 Å². The molecule has 5 atom stereocenters. The second kappa shape index (κ2) is 5.10. The average molecular weight is 286 g/mol. The summed E-state index contributed by atoms with van der Waals surface area (Å²) in [5.41, 5.74) is 3.21. The van der Waals surface area contributed by atoms with E-state index in [1.165, 1.54) is 25.7 Å². The maximum Gasteiger partial charge on any atom is 0.0621 e. The Morgan fingerprint density at radius 3 is 2.90 bits per heavy atom. The molecule has 4 rings (SSSR count). The van der Waals surface area contributed by atoms with Crippen LogP contribution in [0.3, 0.4) is 0 Å². The maximum atomic E-state index is 10.6. The van der Waals surface area contributed by atoms with Gasteiger partial charge < -0.3 is 9.84 Å². The molecular weight excluding hydrogens is 260 g/mol. The molecule has 3 aliphatic carbocycles. The molecule has 2 nitrogen and oxygen atoms in total. The number of hydrogen-bond acceptors (Lipinski definition) is 2. The van der Waals surface area contributed by atoms with E-state index in [1.54, 1.807) is 18.2 Å². The van der Waals surface area contributed by atoms with Crippen molar-refractivity contribution in [2.24, 2.45) is 17.3 Å². The van der Waals surface area contributed by atoms with Gasteiger partial charge >= 0.3 is 0 Å². The predicted octanol–water partition coefficient (Wildman–Crippen LogP) is 3.53. The summed E-state index contributed by atoms with van der Waals surface area (Å²) in [5, 5.41) is 10.6. The highest BCUT2D eigenvalue weighted by Gasteiger charge is 2.56. The lowest BCUT2D eigenvalue weighted by Crippen LogP contribution is -2.48. The fourth-order valence-corrected chi connectivity index (χ4v) is 5.85. The highest BCUT2D eigenvalue weighted by Crippen LogP contribution is 2.61. The van der Waals surface area contributed by atoms with Crippen molar-refractivity contribution < 1.29 is 9.84 Å². The number of methoxy groups -OCH3 is 1. The van der Waals surface area contributed by atoms with Crippen molar-refractivity contribution in [1.82, 2.24) is 0 Å².